The van der Waals surface area contributed by atoms with Gasteiger partial charge in [0.1, 0.15) is 5.82 Å². The number of Topliss-reactive ketones (excluding diaryl/α,β-unsaturated/α-hetero) is 1. The monoisotopic (exact) mass is 224 g/mol. The summed E-state index contributed by atoms with van der Waals surface area (Å²) in [6.45, 7) is 2.81. The summed E-state index contributed by atoms with van der Waals surface area (Å²) in [6, 6.07) is 2.83. The molecule has 86 valence electrons. The highest BCUT2D eigenvalue weighted by molar-refractivity contribution is 6.06. The first-order chi connectivity index (χ1) is 7.41. The summed E-state index contributed by atoms with van der Waals surface area (Å²) in [5, 5.41) is 2.45. The molecule has 5 heteroatoms. The van der Waals surface area contributed by atoms with Gasteiger partial charge in [-0.15, -0.1) is 0 Å². The second-order valence-corrected chi connectivity index (χ2v) is 3.52. The Morgan fingerprint density at radius 1 is 1.44 bits per heavy atom. The van der Waals surface area contributed by atoms with Gasteiger partial charge >= 0.3 is 0 Å². The largest absolute Gasteiger partial charge is 0.326 e. The fourth-order valence-electron chi connectivity index (χ4n) is 1.26. The predicted octanol–water partition coefficient (Wildman–Crippen LogP) is 1.31. The Hall–Kier alpha value is -1.75. The maximum absolute atomic E-state index is 13.0. The molecule has 0 spiro atoms. The van der Waals surface area contributed by atoms with E-state index < -0.39 is 17.6 Å². The van der Waals surface area contributed by atoms with Gasteiger partial charge in [0.2, 0.25) is 5.91 Å². The highest BCUT2D eigenvalue weighted by Gasteiger charge is 2.16. The van der Waals surface area contributed by atoms with E-state index in [1.165, 1.54) is 26.0 Å². The van der Waals surface area contributed by atoms with Crippen LogP contribution in [0.1, 0.15) is 24.2 Å². The second-order valence-electron chi connectivity index (χ2n) is 3.52. The summed E-state index contributed by atoms with van der Waals surface area (Å²) in [6.07, 6.45) is 0. The lowest BCUT2D eigenvalue weighted by atomic mass is 10.0. The number of rotatable bonds is 3. The molecule has 3 N–H and O–H groups in total. The van der Waals surface area contributed by atoms with Gasteiger partial charge in [0.05, 0.1) is 11.7 Å². The van der Waals surface area contributed by atoms with Crippen molar-refractivity contribution in [3.8, 4) is 0 Å². The minimum Gasteiger partial charge on any atom is -0.326 e. The van der Waals surface area contributed by atoms with Gasteiger partial charge in [-0.1, -0.05) is 0 Å². The van der Waals surface area contributed by atoms with Crippen molar-refractivity contribution >= 4 is 17.4 Å². The Kier molecular flexibility index (Phi) is 3.73. The summed E-state index contributed by atoms with van der Waals surface area (Å²) in [5.41, 5.74) is 5.80. The lowest BCUT2D eigenvalue weighted by Gasteiger charge is -2.10. The van der Waals surface area contributed by atoms with Crippen molar-refractivity contribution in [3.05, 3.63) is 29.6 Å². The Morgan fingerprint density at radius 3 is 2.56 bits per heavy atom. The lowest BCUT2D eigenvalue weighted by Crippen LogP contribution is -2.27. The summed E-state index contributed by atoms with van der Waals surface area (Å²) in [5.74, 6) is -1.29. The van der Waals surface area contributed by atoms with Gasteiger partial charge in [-0.2, -0.15) is 0 Å². The van der Waals surface area contributed by atoms with E-state index in [-0.39, 0.29) is 17.2 Å². The number of nitrogens with one attached hydrogen (secondary N) is 1. The number of benzene rings is 1. The molecule has 4 nitrogen and oxygen atoms in total. The van der Waals surface area contributed by atoms with Crippen molar-refractivity contribution in [1.29, 1.82) is 0 Å². The Bertz CT molecular complexity index is 430. The van der Waals surface area contributed by atoms with Crippen molar-refractivity contribution in [1.82, 2.24) is 0 Å². The van der Waals surface area contributed by atoms with Crippen molar-refractivity contribution in [2.45, 2.75) is 19.9 Å². The van der Waals surface area contributed by atoms with Crippen molar-refractivity contribution in [2.75, 3.05) is 5.32 Å². The van der Waals surface area contributed by atoms with Gasteiger partial charge in [-0.25, -0.2) is 4.39 Å². The van der Waals surface area contributed by atoms with Crippen LogP contribution in [0.15, 0.2) is 18.2 Å². The van der Waals surface area contributed by atoms with Crippen LogP contribution in [0.3, 0.4) is 0 Å². The Morgan fingerprint density at radius 2 is 2.06 bits per heavy atom. The minimum absolute atomic E-state index is 0.0881. The van der Waals surface area contributed by atoms with Gasteiger partial charge < -0.3 is 11.1 Å². The first-order valence-corrected chi connectivity index (χ1v) is 4.78. The zero-order valence-corrected chi connectivity index (χ0v) is 9.08. The molecule has 0 aliphatic rings. The third-order valence-corrected chi connectivity index (χ3v) is 1.97. The standard InChI is InChI=1S/C11H13FN2O2/c1-6(13)11(16)9-5-8(12)3-4-10(9)14-7(2)15/h3-6H,13H2,1-2H3,(H,14,15). The fourth-order valence-corrected chi connectivity index (χ4v) is 1.26. The fraction of sp³-hybridized carbons (Fsp3) is 0.273. The number of carbonyl (C=O) groups is 2. The normalized spacial score (nSPS) is 12.0. The van der Waals surface area contributed by atoms with Crippen molar-refractivity contribution in [3.63, 3.8) is 0 Å². The van der Waals surface area contributed by atoms with Crippen LogP contribution in [-0.4, -0.2) is 17.7 Å². The molecule has 0 bridgehead atoms. The van der Waals surface area contributed by atoms with Crippen LogP contribution in [0.25, 0.3) is 0 Å². The molecule has 1 rings (SSSR count). The SMILES string of the molecule is CC(=O)Nc1ccc(F)cc1C(=O)C(C)N. The smallest absolute Gasteiger partial charge is 0.221 e. The Labute approximate surface area is 92.6 Å². The highest BCUT2D eigenvalue weighted by Crippen LogP contribution is 2.18. The number of ketones is 1. The molecular formula is C11H13FN2O2. The predicted molar refractivity (Wildman–Crippen MR) is 58.7 cm³/mol. The quantitative estimate of drug-likeness (QED) is 0.760. The molecule has 1 amide bonds. The molecule has 1 unspecified atom stereocenters. The molecular weight excluding hydrogens is 211 g/mol. The molecule has 0 aliphatic carbocycles. The molecule has 0 heterocycles. The lowest BCUT2D eigenvalue weighted by molar-refractivity contribution is -0.114. The summed E-state index contributed by atoms with van der Waals surface area (Å²) >= 11 is 0. The maximum Gasteiger partial charge on any atom is 0.221 e. The molecule has 0 saturated carbocycles. The van der Waals surface area contributed by atoms with E-state index in [1.807, 2.05) is 0 Å². The number of hydrogen-bond acceptors (Lipinski definition) is 3. The third-order valence-electron chi connectivity index (χ3n) is 1.97. The van der Waals surface area contributed by atoms with Gasteiger partial charge in [0.25, 0.3) is 0 Å². The van der Waals surface area contributed by atoms with Gasteiger partial charge in [0.15, 0.2) is 5.78 Å². The Balaban J connectivity index is 3.17. The molecule has 0 fully saturated rings. The van der Waals surface area contributed by atoms with Crippen LogP contribution in [0.4, 0.5) is 10.1 Å². The molecule has 1 atom stereocenters. The number of hydrogen-bond donors (Lipinski definition) is 2. The summed E-state index contributed by atoms with van der Waals surface area (Å²) in [7, 11) is 0. The first kappa shape index (κ1) is 12.3. The zero-order chi connectivity index (χ0) is 12.3. The topological polar surface area (TPSA) is 72.2 Å². The van der Waals surface area contributed by atoms with Crippen LogP contribution in [0.2, 0.25) is 0 Å². The highest BCUT2D eigenvalue weighted by atomic mass is 19.1. The van der Waals surface area contributed by atoms with E-state index in [0.29, 0.717) is 0 Å². The van der Waals surface area contributed by atoms with Gasteiger partial charge in [-0.05, 0) is 25.1 Å². The number of amides is 1. The van der Waals surface area contributed by atoms with E-state index in [1.54, 1.807) is 0 Å². The molecule has 0 aromatic heterocycles. The summed E-state index contributed by atoms with van der Waals surface area (Å²) < 4.78 is 13.0. The summed E-state index contributed by atoms with van der Waals surface area (Å²) in [4.78, 5) is 22.6. The van der Waals surface area contributed by atoms with E-state index >= 15 is 0 Å². The molecule has 0 aliphatic heterocycles. The molecule has 0 saturated heterocycles. The van der Waals surface area contributed by atoms with Gasteiger partial charge in [-0.3, -0.25) is 9.59 Å². The zero-order valence-electron chi connectivity index (χ0n) is 9.08. The minimum atomic E-state index is -0.741. The number of halogens is 1. The second kappa shape index (κ2) is 4.85. The van der Waals surface area contributed by atoms with Crippen LogP contribution in [0.5, 0.6) is 0 Å². The molecule has 0 radical (unpaired) electrons. The van der Waals surface area contributed by atoms with E-state index in [0.717, 1.165) is 6.07 Å². The van der Waals surface area contributed by atoms with Crippen LogP contribution >= 0.6 is 0 Å². The maximum atomic E-state index is 13.0. The number of nitrogens with two attached hydrogens (primary N) is 1. The van der Waals surface area contributed by atoms with Crippen LogP contribution in [0, 0.1) is 5.82 Å². The van der Waals surface area contributed by atoms with Crippen LogP contribution in [-0.2, 0) is 4.79 Å². The molecule has 16 heavy (non-hydrogen) atoms. The van der Waals surface area contributed by atoms with E-state index in [2.05, 4.69) is 5.32 Å². The van der Waals surface area contributed by atoms with Crippen LogP contribution < -0.4 is 11.1 Å². The number of carbonyl (C=O) groups excluding carboxylic acids is 2. The molecule has 1 aromatic carbocycles. The average Bonchev–Trinajstić information content (AvgIpc) is 2.18. The van der Waals surface area contributed by atoms with E-state index in [4.69, 9.17) is 5.73 Å². The average molecular weight is 224 g/mol. The van der Waals surface area contributed by atoms with E-state index in [9.17, 15) is 14.0 Å². The van der Waals surface area contributed by atoms with Crippen molar-refractivity contribution < 1.29 is 14.0 Å². The van der Waals surface area contributed by atoms with Gasteiger partial charge in [0, 0.05) is 12.5 Å². The first-order valence-electron chi connectivity index (χ1n) is 4.78. The third kappa shape index (κ3) is 2.87. The number of anilines is 1. The van der Waals surface area contributed by atoms with Crippen molar-refractivity contribution in [2.24, 2.45) is 5.73 Å². The molecule has 1 aromatic rings.